The number of halogens is 1. The molecule has 1 aromatic heterocycles. The third-order valence-electron chi connectivity index (χ3n) is 8.15. The number of nitrogens with one attached hydrogen (secondary N) is 5. The van der Waals surface area contributed by atoms with E-state index in [4.69, 9.17) is 17.2 Å². The fraction of sp³-hybridized carbons (Fsp3) is 0.306. The van der Waals surface area contributed by atoms with Gasteiger partial charge >= 0.3 is 0 Å². The Labute approximate surface area is 314 Å². The highest BCUT2D eigenvalue weighted by Gasteiger charge is 2.31. The quantitative estimate of drug-likeness (QED) is 0.0306. The SMILES string of the molecule is CC(=O)N[C@H](Cc1ccc(I)cc1)C(=O)N[C@@H](CCCN=C(N)N)C(=O)N[C@@H](Cc1ccc2ccccc2c1)C(=O)N[C@@H](Cc1cnc[nH]1)C(N)=O. The van der Waals surface area contributed by atoms with Gasteiger partial charge in [0.2, 0.25) is 29.5 Å². The number of H-pyrrole nitrogens is 1. The molecule has 274 valence electrons. The first-order valence-electron chi connectivity index (χ1n) is 16.6. The Bertz CT molecular complexity index is 1880. The summed E-state index contributed by atoms with van der Waals surface area (Å²) in [7, 11) is 0. The number of rotatable bonds is 18. The highest BCUT2D eigenvalue weighted by Crippen LogP contribution is 2.17. The highest BCUT2D eigenvalue weighted by atomic mass is 127. The van der Waals surface area contributed by atoms with Crippen LogP contribution in [0.25, 0.3) is 10.8 Å². The van der Waals surface area contributed by atoms with Gasteiger partial charge in [-0.15, -0.1) is 0 Å². The van der Waals surface area contributed by atoms with Gasteiger partial charge in [-0.05, 0) is 69.5 Å². The number of fused-ring (bicyclic) bond motifs is 1. The van der Waals surface area contributed by atoms with E-state index in [1.54, 1.807) is 0 Å². The summed E-state index contributed by atoms with van der Waals surface area (Å²) in [4.78, 5) is 77.0. The van der Waals surface area contributed by atoms with Crippen molar-refractivity contribution in [2.24, 2.45) is 22.2 Å². The molecule has 52 heavy (non-hydrogen) atoms. The summed E-state index contributed by atoms with van der Waals surface area (Å²) in [5, 5.41) is 12.8. The zero-order chi connectivity index (χ0) is 37.6. The third kappa shape index (κ3) is 12.4. The van der Waals surface area contributed by atoms with E-state index in [1.807, 2.05) is 66.7 Å². The van der Waals surface area contributed by atoms with Gasteiger partial charge in [0.1, 0.15) is 24.2 Å². The molecular formula is C36H43IN10O5. The summed E-state index contributed by atoms with van der Waals surface area (Å²) >= 11 is 2.17. The molecule has 15 nitrogen and oxygen atoms in total. The maximum atomic E-state index is 14.1. The van der Waals surface area contributed by atoms with E-state index in [1.165, 1.54) is 19.4 Å². The van der Waals surface area contributed by atoms with Crippen molar-refractivity contribution >= 4 is 68.9 Å². The van der Waals surface area contributed by atoms with Crippen LogP contribution in [-0.2, 0) is 43.2 Å². The van der Waals surface area contributed by atoms with E-state index in [0.717, 1.165) is 25.5 Å². The molecule has 0 aliphatic rings. The van der Waals surface area contributed by atoms with Gasteiger partial charge in [-0.2, -0.15) is 0 Å². The second-order valence-electron chi connectivity index (χ2n) is 12.3. The fourth-order valence-electron chi connectivity index (χ4n) is 5.55. The van der Waals surface area contributed by atoms with Crippen molar-refractivity contribution in [3.8, 4) is 0 Å². The molecule has 0 aliphatic heterocycles. The van der Waals surface area contributed by atoms with Gasteiger partial charge in [-0.3, -0.25) is 29.0 Å². The predicted octanol–water partition coefficient (Wildman–Crippen LogP) is 0.693. The number of hydrogen-bond donors (Lipinski definition) is 8. The molecule has 4 atom stereocenters. The number of guanidine groups is 1. The first-order valence-corrected chi connectivity index (χ1v) is 17.7. The second-order valence-corrected chi connectivity index (χ2v) is 13.5. The number of imidazole rings is 1. The van der Waals surface area contributed by atoms with E-state index < -0.39 is 53.7 Å². The molecule has 11 N–H and O–H groups in total. The van der Waals surface area contributed by atoms with E-state index in [0.29, 0.717) is 12.1 Å². The van der Waals surface area contributed by atoms with E-state index in [-0.39, 0.29) is 38.2 Å². The Morgan fingerprint density at radius 1 is 0.750 bits per heavy atom. The van der Waals surface area contributed by atoms with E-state index in [2.05, 4.69) is 58.8 Å². The zero-order valence-electron chi connectivity index (χ0n) is 28.6. The molecule has 0 radical (unpaired) electrons. The minimum absolute atomic E-state index is 0.0479. The van der Waals surface area contributed by atoms with Crippen LogP contribution in [0.2, 0.25) is 0 Å². The minimum atomic E-state index is -1.19. The van der Waals surface area contributed by atoms with Crippen molar-refractivity contribution in [3.63, 3.8) is 0 Å². The number of aromatic amines is 1. The lowest BCUT2D eigenvalue weighted by Gasteiger charge is -2.26. The van der Waals surface area contributed by atoms with Crippen LogP contribution in [0.5, 0.6) is 0 Å². The van der Waals surface area contributed by atoms with Gasteiger partial charge in [0.15, 0.2) is 5.96 Å². The lowest BCUT2D eigenvalue weighted by atomic mass is 9.99. The van der Waals surface area contributed by atoms with Crippen molar-refractivity contribution in [1.82, 2.24) is 31.2 Å². The van der Waals surface area contributed by atoms with Crippen LogP contribution in [0.15, 0.2) is 84.2 Å². The number of aromatic nitrogens is 2. The normalized spacial score (nSPS) is 13.2. The largest absolute Gasteiger partial charge is 0.370 e. The Morgan fingerprint density at radius 3 is 1.98 bits per heavy atom. The molecule has 16 heteroatoms. The first kappa shape index (κ1) is 39.3. The minimum Gasteiger partial charge on any atom is -0.370 e. The number of carbonyl (C=O) groups is 5. The lowest BCUT2D eigenvalue weighted by Crippen LogP contribution is -2.59. The van der Waals surface area contributed by atoms with Gasteiger partial charge in [0.25, 0.3) is 0 Å². The lowest BCUT2D eigenvalue weighted by molar-refractivity contribution is -0.134. The molecule has 5 amide bonds. The molecule has 0 aliphatic carbocycles. The van der Waals surface area contributed by atoms with Crippen LogP contribution in [-0.4, -0.2) is 76.2 Å². The summed E-state index contributed by atoms with van der Waals surface area (Å²) in [6.07, 6.45) is 3.62. The Balaban J connectivity index is 1.60. The van der Waals surface area contributed by atoms with Crippen molar-refractivity contribution in [2.45, 2.75) is 63.2 Å². The zero-order valence-corrected chi connectivity index (χ0v) is 30.8. The van der Waals surface area contributed by atoms with Crippen molar-refractivity contribution in [2.75, 3.05) is 6.54 Å². The molecule has 0 saturated carbocycles. The fourth-order valence-corrected chi connectivity index (χ4v) is 5.91. The molecule has 0 saturated heterocycles. The monoisotopic (exact) mass is 822 g/mol. The van der Waals surface area contributed by atoms with Crippen molar-refractivity contribution in [1.29, 1.82) is 0 Å². The predicted molar refractivity (Wildman–Crippen MR) is 205 cm³/mol. The molecule has 4 aromatic rings. The molecule has 0 unspecified atom stereocenters. The summed E-state index contributed by atoms with van der Waals surface area (Å²) in [5.74, 6) is -3.25. The number of nitrogens with zero attached hydrogens (tertiary/aromatic N) is 2. The second kappa shape index (κ2) is 19.2. The first-order chi connectivity index (χ1) is 24.9. The van der Waals surface area contributed by atoms with Crippen LogP contribution in [0, 0.1) is 3.57 Å². The maximum absolute atomic E-state index is 14.1. The average molecular weight is 823 g/mol. The average Bonchev–Trinajstić information content (AvgIpc) is 3.62. The summed E-state index contributed by atoms with van der Waals surface area (Å²) < 4.78 is 1.00. The van der Waals surface area contributed by atoms with E-state index >= 15 is 0 Å². The van der Waals surface area contributed by atoms with Gasteiger partial charge < -0.3 is 43.5 Å². The molecule has 3 aromatic carbocycles. The van der Waals surface area contributed by atoms with Crippen molar-refractivity contribution < 1.29 is 24.0 Å². The van der Waals surface area contributed by atoms with E-state index in [9.17, 15) is 24.0 Å². The summed E-state index contributed by atoms with van der Waals surface area (Å²) in [6, 6.07) is 16.4. The number of benzene rings is 3. The van der Waals surface area contributed by atoms with Crippen LogP contribution in [0.1, 0.15) is 36.6 Å². The number of amides is 5. The standard InChI is InChI=1S/C36H43IN10O5/c1-21(48)44-30(16-22-9-12-26(37)13-10-22)34(51)45-28(7-4-14-42-36(39)40)33(50)47-31(17-23-8-11-24-5-2-3-6-25(24)15-23)35(52)46-29(32(38)49)18-27-19-41-20-43-27/h2-3,5-6,8-13,15,19-20,28-31H,4,7,14,16-18H2,1H3,(H2,38,49)(H,41,43)(H,44,48)(H,45,51)(H,46,52)(H,47,50)(H4,39,40,42)/t28-,29-,30+,31-/m0/s1. The Morgan fingerprint density at radius 2 is 1.35 bits per heavy atom. The van der Waals surface area contributed by atoms with Gasteiger partial charge in [-0.25, -0.2) is 4.98 Å². The van der Waals surface area contributed by atoms with Gasteiger partial charge in [-0.1, -0.05) is 54.6 Å². The van der Waals surface area contributed by atoms with Crippen LogP contribution >= 0.6 is 22.6 Å². The number of hydrogen-bond acceptors (Lipinski definition) is 7. The molecule has 4 rings (SSSR count). The topological polar surface area (TPSA) is 253 Å². The Hall–Kier alpha value is -5.52. The van der Waals surface area contributed by atoms with Crippen LogP contribution in [0.4, 0.5) is 0 Å². The molecule has 0 bridgehead atoms. The maximum Gasteiger partial charge on any atom is 0.243 e. The van der Waals surface area contributed by atoms with Gasteiger partial charge in [0, 0.05) is 48.2 Å². The number of nitrogens with two attached hydrogens (primary N) is 3. The van der Waals surface area contributed by atoms with Crippen LogP contribution in [0.3, 0.4) is 0 Å². The van der Waals surface area contributed by atoms with Crippen molar-refractivity contribution in [3.05, 3.63) is 99.6 Å². The molecule has 0 fully saturated rings. The Kier molecular flexibility index (Phi) is 14.5. The number of primary amides is 1. The number of aliphatic imine (C=N–C) groups is 1. The molecule has 0 spiro atoms. The summed E-state index contributed by atoms with van der Waals surface area (Å²) in [5.41, 5.74) is 18.7. The highest BCUT2D eigenvalue weighted by molar-refractivity contribution is 14.1. The third-order valence-corrected chi connectivity index (χ3v) is 8.87. The summed E-state index contributed by atoms with van der Waals surface area (Å²) in [6.45, 7) is 1.48. The van der Waals surface area contributed by atoms with Crippen LogP contribution < -0.4 is 38.5 Å². The van der Waals surface area contributed by atoms with Gasteiger partial charge in [0.05, 0.1) is 6.33 Å². The number of carbonyl (C=O) groups excluding carboxylic acids is 5. The molecular weight excluding hydrogens is 779 g/mol. The smallest absolute Gasteiger partial charge is 0.243 e. The molecule has 1 heterocycles.